The fourth-order valence-corrected chi connectivity index (χ4v) is 3.58. The second-order valence-electron chi connectivity index (χ2n) is 5.13. The number of hydrogen-bond donors (Lipinski definition) is 1. The van der Waals surface area contributed by atoms with Gasteiger partial charge in [0.15, 0.2) is 4.77 Å². The van der Waals surface area contributed by atoms with Crippen LogP contribution < -0.4 is 0 Å². The van der Waals surface area contributed by atoms with Crippen LogP contribution in [0.25, 0.3) is 11.0 Å². The Kier molecular flexibility index (Phi) is 2.56. The maximum Gasteiger partial charge on any atom is 0.178 e. The standard InChI is InChI=1S/C13H15ClN2S/c1-13(6-2-3-7-13)16-11-5-4-9(14)8-10(11)15-12(16)17/h4-5,8H,2-3,6-7H2,1H3,(H,15,17). The lowest BCUT2D eigenvalue weighted by atomic mass is 10.0. The number of benzene rings is 1. The Bertz CT molecular complexity index is 620. The molecule has 1 N–H and O–H groups in total. The molecule has 1 aromatic heterocycles. The normalized spacial score (nSPS) is 18.9. The average Bonchev–Trinajstić information content (AvgIpc) is 2.81. The van der Waals surface area contributed by atoms with Crippen molar-refractivity contribution in [2.45, 2.75) is 38.1 Å². The van der Waals surface area contributed by atoms with Crippen LogP contribution >= 0.6 is 23.8 Å². The molecule has 0 aliphatic heterocycles. The molecule has 0 atom stereocenters. The Morgan fingerprint density at radius 3 is 2.76 bits per heavy atom. The number of aromatic nitrogens is 2. The number of hydrogen-bond acceptors (Lipinski definition) is 1. The van der Waals surface area contributed by atoms with Gasteiger partial charge in [0.1, 0.15) is 0 Å². The summed E-state index contributed by atoms with van der Waals surface area (Å²) in [6, 6.07) is 5.94. The van der Waals surface area contributed by atoms with E-state index in [1.54, 1.807) is 0 Å². The summed E-state index contributed by atoms with van der Waals surface area (Å²) in [7, 11) is 0. The summed E-state index contributed by atoms with van der Waals surface area (Å²) in [4.78, 5) is 3.26. The number of fused-ring (bicyclic) bond motifs is 1. The van der Waals surface area contributed by atoms with Gasteiger partial charge in [-0.25, -0.2) is 0 Å². The Hall–Kier alpha value is -0.800. The fourth-order valence-electron chi connectivity index (χ4n) is 2.98. The average molecular weight is 267 g/mol. The van der Waals surface area contributed by atoms with Crippen LogP contribution in [-0.2, 0) is 5.54 Å². The van der Waals surface area contributed by atoms with E-state index in [0.29, 0.717) is 0 Å². The number of halogens is 1. The molecular weight excluding hydrogens is 252 g/mol. The SMILES string of the molecule is CC1(n2c(=S)[nH]c3cc(Cl)ccc32)CCCC1. The lowest BCUT2D eigenvalue weighted by Gasteiger charge is -2.26. The summed E-state index contributed by atoms with van der Waals surface area (Å²) in [5.41, 5.74) is 2.38. The van der Waals surface area contributed by atoms with Gasteiger partial charge in [-0.05, 0) is 50.2 Å². The molecule has 0 saturated heterocycles. The van der Waals surface area contributed by atoms with Crippen molar-refractivity contribution < 1.29 is 0 Å². The van der Waals surface area contributed by atoms with Crippen molar-refractivity contribution >= 4 is 34.9 Å². The molecule has 4 heteroatoms. The van der Waals surface area contributed by atoms with Crippen LogP contribution in [0.1, 0.15) is 32.6 Å². The predicted octanol–water partition coefficient (Wildman–Crippen LogP) is 4.64. The molecule has 1 saturated carbocycles. The summed E-state index contributed by atoms with van der Waals surface area (Å²) < 4.78 is 3.09. The number of imidazole rings is 1. The first-order valence-electron chi connectivity index (χ1n) is 6.01. The highest BCUT2D eigenvalue weighted by Gasteiger charge is 2.32. The van der Waals surface area contributed by atoms with Gasteiger partial charge in [0, 0.05) is 10.6 Å². The second-order valence-corrected chi connectivity index (χ2v) is 5.95. The molecule has 1 fully saturated rings. The molecule has 0 unspecified atom stereocenters. The van der Waals surface area contributed by atoms with Crippen LogP contribution in [0.4, 0.5) is 0 Å². The molecule has 0 radical (unpaired) electrons. The van der Waals surface area contributed by atoms with Crippen molar-refractivity contribution in [3.05, 3.63) is 28.0 Å². The van der Waals surface area contributed by atoms with Crippen LogP contribution in [0.5, 0.6) is 0 Å². The predicted molar refractivity (Wildman–Crippen MR) is 74.2 cm³/mol. The van der Waals surface area contributed by atoms with Crippen molar-refractivity contribution in [1.29, 1.82) is 0 Å². The van der Waals surface area contributed by atoms with Gasteiger partial charge in [-0.3, -0.25) is 0 Å². The van der Waals surface area contributed by atoms with E-state index in [2.05, 4.69) is 22.5 Å². The third-order valence-electron chi connectivity index (χ3n) is 3.86. The van der Waals surface area contributed by atoms with Gasteiger partial charge in [0.05, 0.1) is 11.0 Å². The number of nitrogens with zero attached hydrogens (tertiary/aromatic N) is 1. The van der Waals surface area contributed by atoms with E-state index in [0.717, 1.165) is 15.3 Å². The van der Waals surface area contributed by atoms with Crippen LogP contribution in [0.3, 0.4) is 0 Å². The number of rotatable bonds is 1. The Balaban J connectivity index is 2.29. The van der Waals surface area contributed by atoms with Crippen molar-refractivity contribution in [1.82, 2.24) is 9.55 Å². The zero-order chi connectivity index (χ0) is 12.0. The first-order chi connectivity index (χ1) is 8.10. The van der Waals surface area contributed by atoms with Crippen LogP contribution in [-0.4, -0.2) is 9.55 Å². The highest BCUT2D eigenvalue weighted by Crippen LogP contribution is 2.38. The van der Waals surface area contributed by atoms with E-state index in [1.165, 1.54) is 31.2 Å². The van der Waals surface area contributed by atoms with E-state index in [4.69, 9.17) is 23.8 Å². The fraction of sp³-hybridized carbons (Fsp3) is 0.462. The minimum absolute atomic E-state index is 0.170. The van der Waals surface area contributed by atoms with E-state index >= 15 is 0 Å². The molecule has 2 nitrogen and oxygen atoms in total. The van der Waals surface area contributed by atoms with E-state index in [1.807, 2.05) is 12.1 Å². The number of H-pyrrole nitrogens is 1. The highest BCUT2D eigenvalue weighted by molar-refractivity contribution is 7.71. The van der Waals surface area contributed by atoms with Gasteiger partial charge in [0.25, 0.3) is 0 Å². The minimum Gasteiger partial charge on any atom is -0.331 e. The van der Waals surface area contributed by atoms with Gasteiger partial charge in [-0.1, -0.05) is 24.4 Å². The summed E-state index contributed by atoms with van der Waals surface area (Å²) in [6.07, 6.45) is 4.99. The monoisotopic (exact) mass is 266 g/mol. The molecule has 2 aromatic rings. The van der Waals surface area contributed by atoms with E-state index in [-0.39, 0.29) is 5.54 Å². The van der Waals surface area contributed by atoms with Gasteiger partial charge >= 0.3 is 0 Å². The van der Waals surface area contributed by atoms with Crippen molar-refractivity contribution in [3.63, 3.8) is 0 Å². The van der Waals surface area contributed by atoms with Crippen molar-refractivity contribution in [2.75, 3.05) is 0 Å². The van der Waals surface area contributed by atoms with Gasteiger partial charge < -0.3 is 9.55 Å². The lowest BCUT2D eigenvalue weighted by Crippen LogP contribution is -2.26. The zero-order valence-electron chi connectivity index (χ0n) is 9.79. The Labute approximate surface area is 111 Å². The molecule has 0 bridgehead atoms. The minimum atomic E-state index is 0.170. The molecule has 0 spiro atoms. The van der Waals surface area contributed by atoms with Crippen LogP contribution in [0, 0.1) is 4.77 Å². The molecular formula is C13H15ClN2S. The largest absolute Gasteiger partial charge is 0.331 e. The third-order valence-corrected chi connectivity index (χ3v) is 4.38. The molecule has 3 rings (SSSR count). The molecule has 17 heavy (non-hydrogen) atoms. The molecule has 1 aliphatic rings. The van der Waals surface area contributed by atoms with Crippen LogP contribution in [0.15, 0.2) is 18.2 Å². The number of nitrogens with one attached hydrogen (secondary N) is 1. The van der Waals surface area contributed by atoms with Gasteiger partial charge in [-0.15, -0.1) is 0 Å². The summed E-state index contributed by atoms with van der Waals surface area (Å²) in [5, 5.41) is 0.748. The smallest absolute Gasteiger partial charge is 0.178 e. The van der Waals surface area contributed by atoms with Crippen molar-refractivity contribution in [2.24, 2.45) is 0 Å². The number of aromatic amines is 1. The summed E-state index contributed by atoms with van der Waals surface area (Å²) in [5.74, 6) is 0. The first-order valence-corrected chi connectivity index (χ1v) is 6.80. The highest BCUT2D eigenvalue weighted by atomic mass is 35.5. The zero-order valence-corrected chi connectivity index (χ0v) is 11.4. The molecule has 1 heterocycles. The summed E-state index contributed by atoms with van der Waals surface area (Å²) in [6.45, 7) is 2.30. The molecule has 90 valence electrons. The van der Waals surface area contributed by atoms with Gasteiger partial charge in [-0.2, -0.15) is 0 Å². The van der Waals surface area contributed by atoms with E-state index < -0.39 is 0 Å². The third kappa shape index (κ3) is 1.72. The Morgan fingerprint density at radius 2 is 2.06 bits per heavy atom. The second kappa shape index (κ2) is 3.85. The first kappa shape index (κ1) is 11.3. The molecule has 0 amide bonds. The van der Waals surface area contributed by atoms with Gasteiger partial charge in [0.2, 0.25) is 0 Å². The molecule has 1 aromatic carbocycles. The summed E-state index contributed by atoms with van der Waals surface area (Å²) >= 11 is 11.5. The lowest BCUT2D eigenvalue weighted by molar-refractivity contribution is 0.335. The Morgan fingerprint density at radius 1 is 1.35 bits per heavy atom. The maximum atomic E-state index is 6.01. The molecule has 1 aliphatic carbocycles. The van der Waals surface area contributed by atoms with Crippen LogP contribution in [0.2, 0.25) is 5.02 Å². The van der Waals surface area contributed by atoms with Crippen molar-refractivity contribution in [3.8, 4) is 0 Å². The topological polar surface area (TPSA) is 20.7 Å². The van der Waals surface area contributed by atoms with E-state index in [9.17, 15) is 0 Å². The maximum absolute atomic E-state index is 6.01. The quantitative estimate of drug-likeness (QED) is 0.746.